The predicted molar refractivity (Wildman–Crippen MR) is 87.7 cm³/mol. The summed E-state index contributed by atoms with van der Waals surface area (Å²) in [6.45, 7) is 2.93. The molecular weight excluding hydrogens is 367 g/mol. The highest BCUT2D eigenvalue weighted by molar-refractivity contribution is 14.1. The van der Waals surface area contributed by atoms with E-state index in [0.29, 0.717) is 6.61 Å². The van der Waals surface area contributed by atoms with Gasteiger partial charge in [0.15, 0.2) is 0 Å². The number of methoxy groups -OCH3 is 1. The molecular formula is C15H19IN2O2. The van der Waals surface area contributed by atoms with Crippen LogP contribution in [-0.4, -0.2) is 36.7 Å². The topological polar surface area (TPSA) is 36.3 Å². The largest absolute Gasteiger partial charge is 0.385 e. The van der Waals surface area contributed by atoms with Crippen molar-refractivity contribution in [1.82, 2.24) is 9.78 Å². The zero-order valence-electron chi connectivity index (χ0n) is 11.6. The van der Waals surface area contributed by atoms with Crippen molar-refractivity contribution in [2.75, 3.05) is 26.9 Å². The molecule has 1 heterocycles. The molecule has 0 radical (unpaired) electrons. The molecule has 0 unspecified atom stereocenters. The van der Waals surface area contributed by atoms with Crippen molar-refractivity contribution >= 4 is 22.6 Å². The number of ether oxygens (including phenoxy) is 2. The lowest BCUT2D eigenvalue weighted by molar-refractivity contribution is 0.0961. The highest BCUT2D eigenvalue weighted by Crippen LogP contribution is 2.24. The Labute approximate surface area is 133 Å². The predicted octanol–water partition coefficient (Wildman–Crippen LogP) is 3.21. The van der Waals surface area contributed by atoms with Crippen molar-refractivity contribution < 1.29 is 9.47 Å². The first-order valence-corrected chi connectivity index (χ1v) is 7.73. The van der Waals surface area contributed by atoms with E-state index in [1.54, 1.807) is 7.11 Å². The second kappa shape index (κ2) is 8.39. The maximum absolute atomic E-state index is 5.54. The van der Waals surface area contributed by atoms with Crippen molar-refractivity contribution in [3.05, 3.63) is 40.2 Å². The highest BCUT2D eigenvalue weighted by atomic mass is 127. The summed E-state index contributed by atoms with van der Waals surface area (Å²) in [5.41, 5.74) is 2.37. The number of aromatic nitrogens is 2. The minimum Gasteiger partial charge on any atom is -0.385 e. The highest BCUT2D eigenvalue weighted by Gasteiger charge is 2.04. The third-order valence-electron chi connectivity index (χ3n) is 2.92. The maximum Gasteiger partial charge on any atom is 0.0662 e. The van der Waals surface area contributed by atoms with Crippen LogP contribution in [-0.2, 0) is 16.0 Å². The molecule has 0 atom stereocenters. The van der Waals surface area contributed by atoms with Gasteiger partial charge in [-0.1, -0.05) is 18.2 Å². The summed E-state index contributed by atoms with van der Waals surface area (Å²) in [5.74, 6) is 0. The van der Waals surface area contributed by atoms with E-state index in [0.717, 1.165) is 31.7 Å². The van der Waals surface area contributed by atoms with Crippen LogP contribution in [0, 0.1) is 3.57 Å². The van der Waals surface area contributed by atoms with E-state index in [1.165, 1.54) is 9.13 Å². The summed E-state index contributed by atoms with van der Waals surface area (Å²) in [4.78, 5) is 0. The second-order valence-corrected chi connectivity index (χ2v) is 5.59. The Kier molecular flexibility index (Phi) is 6.49. The van der Waals surface area contributed by atoms with Gasteiger partial charge < -0.3 is 9.47 Å². The number of nitrogens with zero attached hydrogens (tertiary/aromatic N) is 2. The van der Waals surface area contributed by atoms with Crippen LogP contribution in [0.4, 0.5) is 0 Å². The molecule has 0 saturated carbocycles. The van der Waals surface area contributed by atoms with E-state index in [2.05, 4.69) is 46.0 Å². The molecule has 0 aliphatic heterocycles. The first-order chi connectivity index (χ1) is 9.81. The molecule has 1 aromatic heterocycles. The average molecular weight is 386 g/mol. The van der Waals surface area contributed by atoms with Gasteiger partial charge in [0.05, 0.1) is 19.3 Å². The molecule has 0 aliphatic rings. The normalized spacial score (nSPS) is 10.9. The quantitative estimate of drug-likeness (QED) is 0.517. The fourth-order valence-corrected chi connectivity index (χ4v) is 2.58. The molecule has 4 nitrogen and oxygen atoms in total. The van der Waals surface area contributed by atoms with Gasteiger partial charge in [-0.25, -0.2) is 0 Å². The molecule has 0 fully saturated rings. The SMILES string of the molecule is COCCCOCCn1cc(-c2ccccc2I)cn1. The average Bonchev–Trinajstić information content (AvgIpc) is 2.92. The lowest BCUT2D eigenvalue weighted by Crippen LogP contribution is -2.08. The van der Waals surface area contributed by atoms with Crippen LogP contribution in [0.1, 0.15) is 6.42 Å². The lowest BCUT2D eigenvalue weighted by atomic mass is 10.1. The van der Waals surface area contributed by atoms with E-state index < -0.39 is 0 Å². The first-order valence-electron chi connectivity index (χ1n) is 6.65. The summed E-state index contributed by atoms with van der Waals surface area (Å²) in [7, 11) is 1.70. The summed E-state index contributed by atoms with van der Waals surface area (Å²) < 4.78 is 13.7. The van der Waals surface area contributed by atoms with Crippen LogP contribution >= 0.6 is 22.6 Å². The molecule has 0 amide bonds. The molecule has 5 heteroatoms. The monoisotopic (exact) mass is 386 g/mol. The summed E-state index contributed by atoms with van der Waals surface area (Å²) in [5, 5.41) is 4.38. The number of rotatable bonds is 8. The first kappa shape index (κ1) is 15.5. The molecule has 2 rings (SSSR count). The fraction of sp³-hybridized carbons (Fsp3) is 0.400. The molecule has 0 saturated heterocycles. The zero-order chi connectivity index (χ0) is 14.2. The molecule has 2 aromatic rings. The maximum atomic E-state index is 5.54. The van der Waals surface area contributed by atoms with Crippen LogP contribution in [0.15, 0.2) is 36.7 Å². The van der Waals surface area contributed by atoms with E-state index in [-0.39, 0.29) is 0 Å². The van der Waals surface area contributed by atoms with Gasteiger partial charge in [-0.15, -0.1) is 0 Å². The smallest absolute Gasteiger partial charge is 0.0662 e. The summed E-state index contributed by atoms with van der Waals surface area (Å²) >= 11 is 2.35. The van der Waals surface area contributed by atoms with Crippen molar-refractivity contribution in [2.45, 2.75) is 13.0 Å². The Hall–Kier alpha value is -0.920. The molecule has 0 N–H and O–H groups in total. The van der Waals surface area contributed by atoms with Gasteiger partial charge in [0.2, 0.25) is 0 Å². The Balaban J connectivity index is 1.82. The fourth-order valence-electron chi connectivity index (χ4n) is 1.89. The Morgan fingerprint density at radius 1 is 1.20 bits per heavy atom. The Morgan fingerprint density at radius 2 is 2.05 bits per heavy atom. The van der Waals surface area contributed by atoms with Gasteiger partial charge in [-0.2, -0.15) is 5.10 Å². The lowest BCUT2D eigenvalue weighted by Gasteiger charge is -2.04. The van der Waals surface area contributed by atoms with Crippen LogP contribution in [0.2, 0.25) is 0 Å². The van der Waals surface area contributed by atoms with Gasteiger partial charge in [-0.05, 0) is 40.6 Å². The van der Waals surface area contributed by atoms with Gasteiger partial charge in [0.25, 0.3) is 0 Å². The minimum atomic E-state index is 0.677. The van der Waals surface area contributed by atoms with E-state index in [9.17, 15) is 0 Å². The Bertz CT molecular complexity index is 528. The van der Waals surface area contributed by atoms with Gasteiger partial charge in [-0.3, -0.25) is 4.68 Å². The van der Waals surface area contributed by atoms with Crippen molar-refractivity contribution in [2.24, 2.45) is 0 Å². The standard InChI is InChI=1S/C15H19IN2O2/c1-19-8-4-9-20-10-7-18-12-13(11-17-18)14-5-2-3-6-15(14)16/h2-3,5-6,11-12H,4,7-10H2,1H3. The van der Waals surface area contributed by atoms with Crippen molar-refractivity contribution in [3.8, 4) is 11.1 Å². The van der Waals surface area contributed by atoms with Gasteiger partial charge in [0.1, 0.15) is 0 Å². The Morgan fingerprint density at radius 3 is 2.85 bits per heavy atom. The zero-order valence-corrected chi connectivity index (χ0v) is 13.7. The third kappa shape index (κ3) is 4.57. The van der Waals surface area contributed by atoms with Gasteiger partial charge >= 0.3 is 0 Å². The number of halogens is 1. The minimum absolute atomic E-state index is 0.677. The molecule has 1 aromatic carbocycles. The van der Waals surface area contributed by atoms with E-state index in [1.807, 2.05) is 23.0 Å². The molecule has 20 heavy (non-hydrogen) atoms. The third-order valence-corrected chi connectivity index (χ3v) is 3.86. The van der Waals surface area contributed by atoms with Crippen LogP contribution in [0.3, 0.4) is 0 Å². The van der Waals surface area contributed by atoms with Crippen molar-refractivity contribution in [1.29, 1.82) is 0 Å². The number of hydrogen-bond acceptors (Lipinski definition) is 3. The van der Waals surface area contributed by atoms with Crippen LogP contribution in [0.25, 0.3) is 11.1 Å². The van der Waals surface area contributed by atoms with Crippen LogP contribution < -0.4 is 0 Å². The molecule has 0 bridgehead atoms. The second-order valence-electron chi connectivity index (χ2n) is 4.43. The summed E-state index contributed by atoms with van der Waals surface area (Å²) in [6, 6.07) is 8.31. The molecule has 108 valence electrons. The number of hydrogen-bond donors (Lipinski definition) is 0. The van der Waals surface area contributed by atoms with Crippen molar-refractivity contribution in [3.63, 3.8) is 0 Å². The molecule has 0 spiro atoms. The van der Waals surface area contributed by atoms with Gasteiger partial charge in [0, 0.05) is 35.7 Å². The number of benzene rings is 1. The van der Waals surface area contributed by atoms with Crippen LogP contribution in [0.5, 0.6) is 0 Å². The van der Waals surface area contributed by atoms with E-state index >= 15 is 0 Å². The summed E-state index contributed by atoms with van der Waals surface area (Å²) in [6.07, 6.45) is 4.90. The molecule has 0 aliphatic carbocycles. The van der Waals surface area contributed by atoms with E-state index in [4.69, 9.17) is 9.47 Å².